The van der Waals surface area contributed by atoms with Gasteiger partial charge in [0.15, 0.2) is 0 Å². The molecule has 3 rings (SSSR count). The van der Waals surface area contributed by atoms with E-state index in [9.17, 15) is 14.4 Å². The van der Waals surface area contributed by atoms with Crippen LogP contribution in [0.2, 0.25) is 0 Å². The molecule has 29 heavy (non-hydrogen) atoms. The van der Waals surface area contributed by atoms with Crippen LogP contribution in [-0.4, -0.2) is 76.4 Å². The summed E-state index contributed by atoms with van der Waals surface area (Å²) in [4.78, 5) is 33.7. The van der Waals surface area contributed by atoms with Crippen molar-refractivity contribution < 1.29 is 42.8 Å². The number of benzene rings is 1. The van der Waals surface area contributed by atoms with Gasteiger partial charge in [-0.25, -0.2) is 9.59 Å². The summed E-state index contributed by atoms with van der Waals surface area (Å²) >= 11 is 0. The van der Waals surface area contributed by atoms with E-state index in [2.05, 4.69) is 4.74 Å². The Balaban J connectivity index is 0.000000284. The molecule has 1 aromatic rings. The highest BCUT2D eigenvalue weighted by Crippen LogP contribution is 2.14. The van der Waals surface area contributed by atoms with Gasteiger partial charge in [0.25, 0.3) is 0 Å². The maximum Gasteiger partial charge on any atom is 0.338 e. The molecular weight excluding hydrogens is 384 g/mol. The summed E-state index contributed by atoms with van der Waals surface area (Å²) in [6.45, 7) is 5.29. The third kappa shape index (κ3) is 9.51. The fourth-order valence-electron chi connectivity index (χ4n) is 1.91. The smallest absolute Gasteiger partial charge is 0.338 e. The fraction of sp³-hybridized carbons (Fsp3) is 0.550. The molecule has 160 valence electrons. The predicted molar refractivity (Wildman–Crippen MR) is 99.6 cm³/mol. The van der Waals surface area contributed by atoms with Crippen LogP contribution in [0.25, 0.3) is 0 Å². The Morgan fingerprint density at radius 3 is 1.86 bits per heavy atom. The van der Waals surface area contributed by atoms with Crippen LogP contribution in [0.1, 0.15) is 34.6 Å². The molecule has 2 aliphatic heterocycles. The highest BCUT2D eigenvalue weighted by atomic mass is 16.6. The van der Waals surface area contributed by atoms with Crippen molar-refractivity contribution in [3.63, 3.8) is 0 Å². The van der Waals surface area contributed by atoms with Gasteiger partial charge in [-0.1, -0.05) is 6.07 Å². The molecule has 1 aromatic carbocycles. The van der Waals surface area contributed by atoms with Crippen LogP contribution in [0.3, 0.4) is 0 Å². The van der Waals surface area contributed by atoms with Gasteiger partial charge in [-0.3, -0.25) is 4.79 Å². The van der Waals surface area contributed by atoms with Crippen LogP contribution in [0.5, 0.6) is 0 Å². The van der Waals surface area contributed by atoms with E-state index in [-0.39, 0.29) is 37.5 Å². The average molecular weight is 410 g/mol. The zero-order chi connectivity index (χ0) is 21.2. The zero-order valence-electron chi connectivity index (χ0n) is 16.8. The van der Waals surface area contributed by atoms with E-state index >= 15 is 0 Å². The van der Waals surface area contributed by atoms with Gasteiger partial charge in [-0.2, -0.15) is 0 Å². The van der Waals surface area contributed by atoms with Gasteiger partial charge >= 0.3 is 17.9 Å². The van der Waals surface area contributed by atoms with Crippen LogP contribution in [0.15, 0.2) is 24.3 Å². The third-order valence-corrected chi connectivity index (χ3v) is 3.86. The third-order valence-electron chi connectivity index (χ3n) is 3.86. The van der Waals surface area contributed by atoms with Crippen LogP contribution >= 0.6 is 0 Å². The summed E-state index contributed by atoms with van der Waals surface area (Å²) in [6.07, 6.45) is 0.0326. The van der Waals surface area contributed by atoms with Gasteiger partial charge in [-0.05, 0) is 25.1 Å². The Bertz CT molecular complexity index is 652. The molecule has 3 atom stereocenters. The molecule has 0 amide bonds. The van der Waals surface area contributed by atoms with Gasteiger partial charge in [0.1, 0.15) is 32.0 Å². The maximum absolute atomic E-state index is 11.8. The number of esters is 3. The van der Waals surface area contributed by atoms with Crippen molar-refractivity contribution in [3.8, 4) is 0 Å². The van der Waals surface area contributed by atoms with E-state index in [4.69, 9.17) is 23.7 Å². The second-order valence-electron chi connectivity index (χ2n) is 6.54. The minimum Gasteiger partial charge on any atom is -0.463 e. The minimum absolute atomic E-state index is 0.00565. The summed E-state index contributed by atoms with van der Waals surface area (Å²) in [5, 5.41) is 0. The van der Waals surface area contributed by atoms with Crippen molar-refractivity contribution >= 4 is 17.9 Å². The lowest BCUT2D eigenvalue weighted by atomic mass is 10.1. The molecule has 2 saturated heterocycles. The number of rotatable bonds is 9. The summed E-state index contributed by atoms with van der Waals surface area (Å²) < 4.78 is 29.5. The van der Waals surface area contributed by atoms with Gasteiger partial charge in [-0.15, -0.1) is 0 Å². The van der Waals surface area contributed by atoms with Crippen LogP contribution in [0.4, 0.5) is 0 Å². The molecule has 0 spiro atoms. The van der Waals surface area contributed by atoms with Gasteiger partial charge < -0.3 is 28.4 Å². The first kappa shape index (κ1) is 22.8. The van der Waals surface area contributed by atoms with E-state index in [0.29, 0.717) is 30.9 Å². The van der Waals surface area contributed by atoms with E-state index in [0.717, 1.165) is 0 Å². The lowest BCUT2D eigenvalue weighted by Gasteiger charge is -2.07. The Hall–Kier alpha value is -2.49. The second-order valence-corrected chi connectivity index (χ2v) is 6.54. The zero-order valence-corrected chi connectivity index (χ0v) is 16.8. The molecule has 0 aliphatic carbocycles. The van der Waals surface area contributed by atoms with E-state index in [1.165, 1.54) is 13.0 Å². The molecule has 9 heteroatoms. The number of epoxide rings is 2. The number of hydrogen-bond donors (Lipinski definition) is 0. The van der Waals surface area contributed by atoms with Crippen molar-refractivity contribution in [1.82, 2.24) is 0 Å². The number of hydrogen-bond acceptors (Lipinski definition) is 9. The number of carbonyl (C=O) groups excluding carboxylic acids is 3. The molecule has 9 nitrogen and oxygen atoms in total. The second kappa shape index (κ2) is 11.5. The molecular formula is C20H26O9. The first-order chi connectivity index (χ1) is 13.9. The highest BCUT2D eigenvalue weighted by Gasteiger charge is 2.26. The Morgan fingerprint density at radius 2 is 1.48 bits per heavy atom. The SMILES string of the molecule is COC(C)COC(C)=O.O=C(OCC1CO1)c1cccc(C(=O)OCC2CO2)c1. The number of ether oxygens (including phenoxy) is 6. The molecule has 0 bridgehead atoms. The van der Waals surface area contributed by atoms with Gasteiger partial charge in [0.05, 0.1) is 30.4 Å². The summed E-state index contributed by atoms with van der Waals surface area (Å²) in [7, 11) is 1.58. The number of carbonyl (C=O) groups is 3. The molecule has 0 aromatic heterocycles. The Labute approximate surface area is 169 Å². The van der Waals surface area contributed by atoms with Gasteiger partial charge in [0.2, 0.25) is 0 Å². The minimum atomic E-state index is -0.472. The normalized spacial score (nSPS) is 19.8. The number of methoxy groups -OCH3 is 1. The van der Waals surface area contributed by atoms with Crippen molar-refractivity contribution in [3.05, 3.63) is 35.4 Å². The van der Waals surface area contributed by atoms with Crippen LogP contribution < -0.4 is 0 Å². The average Bonchev–Trinajstić information content (AvgIpc) is 3.63. The predicted octanol–water partition coefficient (Wildman–Crippen LogP) is 1.38. The van der Waals surface area contributed by atoms with Crippen LogP contribution in [-0.2, 0) is 33.2 Å². The monoisotopic (exact) mass is 410 g/mol. The molecule has 0 radical (unpaired) electrons. The molecule has 2 heterocycles. The molecule has 0 N–H and O–H groups in total. The topological polar surface area (TPSA) is 113 Å². The van der Waals surface area contributed by atoms with Crippen molar-refractivity contribution in [1.29, 1.82) is 0 Å². The fourth-order valence-corrected chi connectivity index (χ4v) is 1.91. The van der Waals surface area contributed by atoms with E-state index in [1.807, 2.05) is 6.92 Å². The maximum atomic E-state index is 11.8. The Morgan fingerprint density at radius 1 is 1.00 bits per heavy atom. The summed E-state index contributed by atoms with van der Waals surface area (Å²) in [6, 6.07) is 6.27. The molecule has 0 saturated carbocycles. The van der Waals surface area contributed by atoms with Crippen LogP contribution in [0, 0.1) is 0 Å². The quantitative estimate of drug-likeness (QED) is 0.338. The van der Waals surface area contributed by atoms with E-state index < -0.39 is 11.9 Å². The van der Waals surface area contributed by atoms with E-state index in [1.54, 1.807) is 25.3 Å². The molecule has 3 unspecified atom stereocenters. The first-order valence-electron chi connectivity index (χ1n) is 9.22. The molecule has 2 aliphatic rings. The molecule has 2 fully saturated rings. The van der Waals surface area contributed by atoms with Crippen molar-refractivity contribution in [2.75, 3.05) is 40.1 Å². The lowest BCUT2D eigenvalue weighted by Crippen LogP contribution is -2.15. The largest absolute Gasteiger partial charge is 0.463 e. The summed E-state index contributed by atoms with van der Waals surface area (Å²) in [5.41, 5.74) is 0.644. The summed E-state index contributed by atoms with van der Waals surface area (Å²) in [5.74, 6) is -1.21. The first-order valence-corrected chi connectivity index (χ1v) is 9.22. The standard InChI is InChI=1S/C14H14O6.C6H12O3/c15-13(19-7-11-5-17-11)9-2-1-3-10(4-9)14(16)20-8-12-6-18-12;1-5(8-3)4-9-6(2)7/h1-4,11-12H,5-8H2;5H,4H2,1-3H3. The highest BCUT2D eigenvalue weighted by molar-refractivity contribution is 5.95. The lowest BCUT2D eigenvalue weighted by molar-refractivity contribution is -0.144. The van der Waals surface area contributed by atoms with Crippen molar-refractivity contribution in [2.24, 2.45) is 0 Å². The Kier molecular flexibility index (Phi) is 9.04. The van der Waals surface area contributed by atoms with Gasteiger partial charge in [0, 0.05) is 14.0 Å². The van der Waals surface area contributed by atoms with Crippen molar-refractivity contribution in [2.45, 2.75) is 32.2 Å².